The molecule has 1 aromatic carbocycles. The molecule has 1 fully saturated rings. The molecular weight excluding hydrogens is 266 g/mol. The van der Waals surface area contributed by atoms with Crippen molar-refractivity contribution in [3.63, 3.8) is 0 Å². The van der Waals surface area contributed by atoms with Gasteiger partial charge >= 0.3 is 0 Å². The predicted molar refractivity (Wildman–Crippen MR) is 83.5 cm³/mol. The smallest absolute Gasteiger partial charge is 0.201 e. The summed E-state index contributed by atoms with van der Waals surface area (Å²) in [5.74, 6) is 1.37. The largest absolute Gasteiger partial charge is 0.491 e. The van der Waals surface area contributed by atoms with Gasteiger partial charge in [0.15, 0.2) is 0 Å². The van der Waals surface area contributed by atoms with Crippen LogP contribution in [0.5, 0.6) is 5.75 Å². The Labute approximate surface area is 125 Å². The highest BCUT2D eigenvalue weighted by Crippen LogP contribution is 2.28. The summed E-state index contributed by atoms with van der Waals surface area (Å²) in [5, 5.41) is 0. The highest BCUT2D eigenvalue weighted by atomic mass is 16.5. The summed E-state index contributed by atoms with van der Waals surface area (Å²) in [6.45, 7) is 4.51. The maximum absolute atomic E-state index is 6.09. The minimum Gasteiger partial charge on any atom is -0.491 e. The molecule has 2 aromatic rings. The molecule has 5 heteroatoms. The van der Waals surface area contributed by atoms with E-state index < -0.39 is 0 Å². The second-order valence-electron chi connectivity index (χ2n) is 5.52. The fraction of sp³-hybridized carbons (Fsp3) is 0.562. The number of nitrogens with two attached hydrogens (primary N) is 1. The van der Waals surface area contributed by atoms with Crippen LogP contribution in [-0.4, -0.2) is 28.9 Å². The quantitative estimate of drug-likeness (QED) is 0.888. The van der Waals surface area contributed by atoms with E-state index in [-0.39, 0.29) is 0 Å². The summed E-state index contributed by atoms with van der Waals surface area (Å²) in [5.41, 5.74) is 7.99. The van der Waals surface area contributed by atoms with Crippen molar-refractivity contribution in [3.05, 3.63) is 18.2 Å². The number of benzene rings is 1. The molecule has 1 aliphatic rings. The maximum Gasteiger partial charge on any atom is 0.201 e. The first-order valence-electron chi connectivity index (χ1n) is 7.78. The number of imidazole rings is 1. The van der Waals surface area contributed by atoms with Crippen molar-refractivity contribution in [1.82, 2.24) is 9.55 Å². The number of hydrogen-bond donors (Lipinski definition) is 1. The third kappa shape index (κ3) is 2.97. The molecule has 0 spiro atoms. The summed E-state index contributed by atoms with van der Waals surface area (Å²) in [6, 6.07) is 6.00. The zero-order chi connectivity index (χ0) is 14.7. The fourth-order valence-electron chi connectivity index (χ4n) is 2.85. The van der Waals surface area contributed by atoms with Gasteiger partial charge in [0.25, 0.3) is 0 Å². The second kappa shape index (κ2) is 6.35. The van der Waals surface area contributed by atoms with E-state index in [0.717, 1.165) is 49.2 Å². The molecule has 5 nitrogen and oxygen atoms in total. The highest BCUT2D eigenvalue weighted by Gasteiger charge is 2.17. The molecular formula is C16H23N3O2. The zero-order valence-corrected chi connectivity index (χ0v) is 12.5. The molecule has 3 rings (SSSR count). The Morgan fingerprint density at radius 1 is 1.48 bits per heavy atom. The van der Waals surface area contributed by atoms with E-state index in [1.54, 1.807) is 0 Å². The van der Waals surface area contributed by atoms with Gasteiger partial charge in [-0.2, -0.15) is 0 Å². The molecule has 0 radical (unpaired) electrons. The SMILES string of the molecule is CCCOc1cccc2c1nc(N)n2CCC1CCCO1. The Morgan fingerprint density at radius 2 is 2.38 bits per heavy atom. The van der Waals surface area contributed by atoms with Crippen LogP contribution in [0.25, 0.3) is 11.0 Å². The van der Waals surface area contributed by atoms with E-state index in [2.05, 4.69) is 16.5 Å². The van der Waals surface area contributed by atoms with Gasteiger partial charge in [-0.3, -0.25) is 0 Å². The molecule has 21 heavy (non-hydrogen) atoms. The van der Waals surface area contributed by atoms with Gasteiger partial charge in [-0.1, -0.05) is 13.0 Å². The lowest BCUT2D eigenvalue weighted by Gasteiger charge is -2.11. The lowest BCUT2D eigenvalue weighted by atomic mass is 10.2. The topological polar surface area (TPSA) is 62.3 Å². The summed E-state index contributed by atoms with van der Waals surface area (Å²) in [4.78, 5) is 4.49. The lowest BCUT2D eigenvalue weighted by Crippen LogP contribution is -2.11. The van der Waals surface area contributed by atoms with Crippen LogP contribution in [0.1, 0.15) is 32.6 Å². The molecule has 0 bridgehead atoms. The number of anilines is 1. The van der Waals surface area contributed by atoms with Gasteiger partial charge < -0.3 is 19.8 Å². The Hall–Kier alpha value is -1.75. The van der Waals surface area contributed by atoms with Crippen molar-refractivity contribution in [2.75, 3.05) is 18.9 Å². The maximum atomic E-state index is 6.09. The molecule has 114 valence electrons. The average molecular weight is 289 g/mol. The number of fused-ring (bicyclic) bond motifs is 1. The van der Waals surface area contributed by atoms with Crippen LogP contribution in [-0.2, 0) is 11.3 Å². The molecule has 1 unspecified atom stereocenters. The van der Waals surface area contributed by atoms with Crippen LogP contribution in [0.15, 0.2) is 18.2 Å². The monoisotopic (exact) mass is 289 g/mol. The molecule has 0 saturated carbocycles. The van der Waals surface area contributed by atoms with Crippen LogP contribution < -0.4 is 10.5 Å². The second-order valence-corrected chi connectivity index (χ2v) is 5.52. The van der Waals surface area contributed by atoms with Crippen LogP contribution in [0.3, 0.4) is 0 Å². The van der Waals surface area contributed by atoms with Crippen molar-refractivity contribution in [2.24, 2.45) is 0 Å². The van der Waals surface area contributed by atoms with E-state index in [1.807, 2.05) is 18.2 Å². The number of hydrogen-bond acceptors (Lipinski definition) is 4. The summed E-state index contributed by atoms with van der Waals surface area (Å²) in [7, 11) is 0. The van der Waals surface area contributed by atoms with Gasteiger partial charge in [0.1, 0.15) is 11.3 Å². The molecule has 1 aromatic heterocycles. The predicted octanol–water partition coefficient (Wildman–Crippen LogP) is 2.98. The lowest BCUT2D eigenvalue weighted by molar-refractivity contribution is 0.101. The molecule has 0 amide bonds. The number of ether oxygens (including phenoxy) is 2. The molecule has 2 heterocycles. The Kier molecular flexibility index (Phi) is 4.29. The Morgan fingerprint density at radius 3 is 3.14 bits per heavy atom. The van der Waals surface area contributed by atoms with Crippen molar-refractivity contribution in [3.8, 4) is 5.75 Å². The summed E-state index contributed by atoms with van der Waals surface area (Å²) in [6.07, 6.45) is 4.64. The first kappa shape index (κ1) is 14.2. The molecule has 1 aliphatic heterocycles. The molecule has 1 saturated heterocycles. The van der Waals surface area contributed by atoms with E-state index in [4.69, 9.17) is 15.2 Å². The van der Waals surface area contributed by atoms with Crippen molar-refractivity contribution in [1.29, 1.82) is 0 Å². The fourth-order valence-corrected chi connectivity index (χ4v) is 2.85. The van der Waals surface area contributed by atoms with Gasteiger partial charge in [0.2, 0.25) is 5.95 Å². The minimum atomic E-state index is 0.362. The van der Waals surface area contributed by atoms with Crippen molar-refractivity contribution in [2.45, 2.75) is 45.3 Å². The van der Waals surface area contributed by atoms with Crippen LogP contribution in [0.2, 0.25) is 0 Å². The van der Waals surface area contributed by atoms with E-state index in [1.165, 1.54) is 6.42 Å². The van der Waals surface area contributed by atoms with Crippen LogP contribution in [0.4, 0.5) is 5.95 Å². The summed E-state index contributed by atoms with van der Waals surface area (Å²) < 4.78 is 13.5. The summed E-state index contributed by atoms with van der Waals surface area (Å²) >= 11 is 0. The number of aryl methyl sites for hydroxylation is 1. The van der Waals surface area contributed by atoms with Gasteiger partial charge in [0, 0.05) is 13.2 Å². The zero-order valence-electron chi connectivity index (χ0n) is 12.5. The van der Waals surface area contributed by atoms with Crippen molar-refractivity contribution < 1.29 is 9.47 Å². The molecule has 1 atom stereocenters. The van der Waals surface area contributed by atoms with Gasteiger partial charge in [-0.15, -0.1) is 0 Å². The number of para-hydroxylation sites is 1. The molecule has 2 N–H and O–H groups in total. The standard InChI is InChI=1S/C16H23N3O2/c1-2-10-21-14-7-3-6-13-15(14)18-16(17)19(13)9-8-12-5-4-11-20-12/h3,6-7,12H,2,4-5,8-11H2,1H3,(H2,17,18). The average Bonchev–Trinajstić information content (AvgIpc) is 3.10. The van der Waals surface area contributed by atoms with Crippen molar-refractivity contribution >= 4 is 17.0 Å². The molecule has 0 aliphatic carbocycles. The van der Waals surface area contributed by atoms with Crippen LogP contribution >= 0.6 is 0 Å². The highest BCUT2D eigenvalue weighted by molar-refractivity contribution is 5.84. The number of aromatic nitrogens is 2. The number of nitrogens with zero attached hydrogens (tertiary/aromatic N) is 2. The van der Waals surface area contributed by atoms with E-state index in [9.17, 15) is 0 Å². The normalized spacial score (nSPS) is 18.4. The third-order valence-electron chi connectivity index (χ3n) is 3.93. The van der Waals surface area contributed by atoms with Gasteiger partial charge in [-0.25, -0.2) is 4.98 Å². The van der Waals surface area contributed by atoms with E-state index >= 15 is 0 Å². The first-order valence-corrected chi connectivity index (χ1v) is 7.78. The number of nitrogen functional groups attached to an aromatic ring is 1. The minimum absolute atomic E-state index is 0.362. The Balaban J connectivity index is 1.82. The first-order chi connectivity index (χ1) is 10.3. The van der Waals surface area contributed by atoms with E-state index in [0.29, 0.717) is 18.7 Å². The number of rotatable bonds is 6. The van der Waals surface area contributed by atoms with Gasteiger partial charge in [0.05, 0.1) is 18.2 Å². The Bertz CT molecular complexity index is 603. The third-order valence-corrected chi connectivity index (χ3v) is 3.93. The van der Waals surface area contributed by atoms with Crippen LogP contribution in [0, 0.1) is 0 Å². The van der Waals surface area contributed by atoms with Gasteiger partial charge in [-0.05, 0) is 37.8 Å².